The molecular formula is C49H84NO10P. The third-order valence-corrected chi connectivity index (χ3v) is 12.1. The van der Waals surface area contributed by atoms with E-state index in [1.54, 1.807) is 0 Å². The third-order valence-electron chi connectivity index (χ3n) is 11.1. The van der Waals surface area contributed by atoms with Crippen LogP contribution in [0.1, 0.15) is 191 Å². The molecule has 0 bridgehead atoms. The van der Waals surface area contributed by atoms with E-state index in [-0.39, 0.29) is 44.8 Å². The second-order valence-corrected chi connectivity index (χ2v) is 18.0. The maximum absolute atomic E-state index is 12.7. The molecule has 1 saturated heterocycles. The zero-order chi connectivity index (χ0) is 44.4. The minimum atomic E-state index is -4.41. The minimum Gasteiger partial charge on any atom is -0.466 e. The molecule has 1 aliphatic heterocycles. The van der Waals surface area contributed by atoms with Gasteiger partial charge in [0.25, 0.3) is 0 Å². The summed E-state index contributed by atoms with van der Waals surface area (Å²) in [5.41, 5.74) is 8.05. The Bertz CT molecular complexity index is 1440. The van der Waals surface area contributed by atoms with Gasteiger partial charge in [-0.05, 0) is 89.2 Å². The Labute approximate surface area is 369 Å². The number of furan rings is 1. The first-order valence-corrected chi connectivity index (χ1v) is 25.4. The van der Waals surface area contributed by atoms with Gasteiger partial charge in [0, 0.05) is 32.2 Å². The number of hydrogen-bond acceptors (Lipinski definition) is 10. The number of aryl methyl sites for hydroxylation is 2. The van der Waals surface area contributed by atoms with Crippen molar-refractivity contribution in [3.8, 4) is 0 Å². The number of allylic oxidation sites excluding steroid dienone is 4. The fourth-order valence-electron chi connectivity index (χ4n) is 7.14. The summed E-state index contributed by atoms with van der Waals surface area (Å²) in [4.78, 5) is 35.1. The van der Waals surface area contributed by atoms with Gasteiger partial charge in [0.05, 0.1) is 25.4 Å². The van der Waals surface area contributed by atoms with Crippen molar-refractivity contribution in [1.82, 2.24) is 0 Å². The number of phosphoric acid groups is 1. The van der Waals surface area contributed by atoms with Crippen LogP contribution in [-0.2, 0) is 50.3 Å². The number of rotatable bonds is 40. The Morgan fingerprint density at radius 2 is 1.20 bits per heavy atom. The third kappa shape index (κ3) is 28.0. The van der Waals surface area contributed by atoms with Gasteiger partial charge in [-0.1, -0.05) is 127 Å². The van der Waals surface area contributed by atoms with E-state index in [2.05, 4.69) is 58.1 Å². The minimum absolute atomic E-state index is 0.0363. The van der Waals surface area contributed by atoms with E-state index in [4.69, 9.17) is 33.4 Å². The molecule has 1 fully saturated rings. The van der Waals surface area contributed by atoms with Crippen molar-refractivity contribution in [3.63, 3.8) is 0 Å². The van der Waals surface area contributed by atoms with E-state index < -0.39 is 32.5 Å². The summed E-state index contributed by atoms with van der Waals surface area (Å²) in [7, 11) is -4.41. The second kappa shape index (κ2) is 34.9. The molecule has 0 saturated carbocycles. The highest BCUT2D eigenvalue weighted by atomic mass is 31.2. The molecule has 3 unspecified atom stereocenters. The summed E-state index contributed by atoms with van der Waals surface area (Å²) in [6, 6.07) is 0. The predicted octanol–water partition coefficient (Wildman–Crippen LogP) is 12.4. The fraction of sp³-hybridized carbons (Fsp3) is 0.755. The lowest BCUT2D eigenvalue weighted by Gasteiger charge is -2.19. The number of nitrogens with two attached hydrogens (primary N) is 1. The van der Waals surface area contributed by atoms with Crippen molar-refractivity contribution in [2.24, 2.45) is 5.73 Å². The molecule has 0 spiro atoms. The van der Waals surface area contributed by atoms with E-state index in [1.807, 2.05) is 6.08 Å². The van der Waals surface area contributed by atoms with Gasteiger partial charge >= 0.3 is 19.8 Å². The van der Waals surface area contributed by atoms with Gasteiger partial charge in [-0.25, -0.2) is 4.57 Å². The van der Waals surface area contributed by atoms with Gasteiger partial charge in [-0.2, -0.15) is 0 Å². The first kappa shape index (κ1) is 54.6. The molecule has 0 radical (unpaired) electrons. The largest absolute Gasteiger partial charge is 0.472 e. The lowest BCUT2D eigenvalue weighted by molar-refractivity contribution is -0.161. The standard InChI is InChI=1S/C49H84NO10P/c1-5-7-9-10-11-14-18-21-27-33-46-47(60-46)34-28-23-24-30-36-49(52)58-43(40-57-61(53,54)56-38-37-50)39-55-48(51)35-29-22-19-16-13-12-15-17-20-26-32-45-42(4)41(3)44(59-45)31-25-8-6-2/h11,14,21,23,27-28,43,46-47H,5-10,12-13,15-20,22,24-26,29-40,50H2,1-4H3,(H,53,54)/b14-11-,27-21-,28-23-/t43-,46?,47?/m1/s1. The van der Waals surface area contributed by atoms with Crippen LogP contribution in [0.25, 0.3) is 0 Å². The van der Waals surface area contributed by atoms with E-state index in [9.17, 15) is 19.0 Å². The van der Waals surface area contributed by atoms with Gasteiger partial charge < -0.3 is 29.3 Å². The molecule has 2 heterocycles. The van der Waals surface area contributed by atoms with Gasteiger partial charge in [-0.15, -0.1) is 0 Å². The lowest BCUT2D eigenvalue weighted by atomic mass is 10.0. The molecule has 350 valence electrons. The highest BCUT2D eigenvalue weighted by Crippen LogP contribution is 2.43. The normalized spacial score (nSPS) is 16.8. The zero-order valence-electron chi connectivity index (χ0n) is 38.6. The highest BCUT2D eigenvalue weighted by molar-refractivity contribution is 7.47. The number of esters is 2. The number of carbonyl (C=O) groups is 2. The molecule has 0 aliphatic carbocycles. The molecule has 3 N–H and O–H groups in total. The molecule has 0 aromatic carbocycles. The van der Waals surface area contributed by atoms with Crippen LogP contribution in [0.2, 0.25) is 0 Å². The summed E-state index contributed by atoms with van der Waals surface area (Å²) < 4.78 is 44.9. The predicted molar refractivity (Wildman–Crippen MR) is 245 cm³/mol. The highest BCUT2D eigenvalue weighted by Gasteiger charge is 2.36. The maximum atomic E-state index is 12.7. The Hall–Kier alpha value is -2.53. The van der Waals surface area contributed by atoms with Crippen molar-refractivity contribution in [1.29, 1.82) is 0 Å². The van der Waals surface area contributed by atoms with Crippen molar-refractivity contribution in [2.75, 3.05) is 26.4 Å². The zero-order valence-corrected chi connectivity index (χ0v) is 39.4. The van der Waals surface area contributed by atoms with E-state index >= 15 is 0 Å². The topological polar surface area (TPSA) is 160 Å². The second-order valence-electron chi connectivity index (χ2n) is 16.6. The van der Waals surface area contributed by atoms with Crippen LogP contribution in [-0.4, -0.2) is 61.5 Å². The Kier molecular flexibility index (Phi) is 31.2. The van der Waals surface area contributed by atoms with Gasteiger partial charge in [-0.3, -0.25) is 18.6 Å². The fourth-order valence-corrected chi connectivity index (χ4v) is 7.91. The summed E-state index contributed by atoms with van der Waals surface area (Å²) in [5, 5.41) is 0. The Morgan fingerprint density at radius 3 is 1.84 bits per heavy atom. The Balaban J connectivity index is 1.56. The molecule has 1 aromatic rings. The van der Waals surface area contributed by atoms with Crippen molar-refractivity contribution >= 4 is 19.8 Å². The summed E-state index contributed by atoms with van der Waals surface area (Å²) >= 11 is 0. The van der Waals surface area contributed by atoms with Crippen LogP contribution < -0.4 is 5.73 Å². The number of phosphoric ester groups is 1. The van der Waals surface area contributed by atoms with Crippen LogP contribution >= 0.6 is 7.82 Å². The van der Waals surface area contributed by atoms with E-state index in [0.717, 1.165) is 57.8 Å². The lowest BCUT2D eigenvalue weighted by Crippen LogP contribution is -2.29. The summed E-state index contributed by atoms with van der Waals surface area (Å²) in [5.74, 6) is 1.45. The number of hydrogen-bond donors (Lipinski definition) is 2. The molecular weight excluding hydrogens is 794 g/mol. The smallest absolute Gasteiger partial charge is 0.466 e. The number of carbonyl (C=O) groups excluding carboxylic acids is 2. The molecule has 1 aliphatic rings. The summed E-state index contributed by atoms with van der Waals surface area (Å²) in [6.45, 7) is 7.97. The quantitative estimate of drug-likeness (QED) is 0.0212. The first-order valence-electron chi connectivity index (χ1n) is 23.9. The molecule has 11 nitrogen and oxygen atoms in total. The van der Waals surface area contributed by atoms with Crippen LogP contribution in [0.15, 0.2) is 40.9 Å². The maximum Gasteiger partial charge on any atom is 0.472 e. The molecule has 4 atom stereocenters. The van der Waals surface area contributed by atoms with E-state index in [1.165, 1.54) is 99.7 Å². The van der Waals surface area contributed by atoms with Crippen LogP contribution in [0, 0.1) is 13.8 Å². The average molecular weight is 878 g/mol. The van der Waals surface area contributed by atoms with Gasteiger partial charge in [0.2, 0.25) is 0 Å². The number of unbranched alkanes of at least 4 members (excludes halogenated alkanes) is 15. The van der Waals surface area contributed by atoms with Crippen LogP contribution in [0.4, 0.5) is 0 Å². The van der Waals surface area contributed by atoms with Crippen molar-refractivity contribution in [2.45, 2.75) is 213 Å². The van der Waals surface area contributed by atoms with Crippen molar-refractivity contribution in [3.05, 3.63) is 59.1 Å². The molecule has 0 amide bonds. The molecule has 61 heavy (non-hydrogen) atoms. The van der Waals surface area contributed by atoms with Gasteiger partial charge in [0.15, 0.2) is 6.10 Å². The molecule has 2 rings (SSSR count). The SMILES string of the molecule is CCCCC/C=C\C/C=C\CC1OC1C/C=C\CCCC(=O)O[C@H](COC(=O)CCCCCCCCCCCCc1oc(CCCCC)c(C)c1C)COP(=O)(O)OCCN. The number of ether oxygens (including phenoxy) is 3. The Morgan fingerprint density at radius 1 is 0.672 bits per heavy atom. The molecule has 1 aromatic heterocycles. The summed E-state index contributed by atoms with van der Waals surface area (Å²) in [6.07, 6.45) is 38.8. The van der Waals surface area contributed by atoms with E-state index in [0.29, 0.717) is 19.3 Å². The van der Waals surface area contributed by atoms with Crippen molar-refractivity contribution < 1.29 is 46.7 Å². The molecule has 12 heteroatoms. The van der Waals surface area contributed by atoms with Gasteiger partial charge in [0.1, 0.15) is 18.1 Å². The van der Waals surface area contributed by atoms with Crippen LogP contribution in [0.3, 0.4) is 0 Å². The monoisotopic (exact) mass is 878 g/mol. The van der Waals surface area contributed by atoms with Crippen LogP contribution in [0.5, 0.6) is 0 Å². The average Bonchev–Trinajstić information content (AvgIpc) is 3.94. The first-order chi connectivity index (χ1) is 29.6. The number of epoxide rings is 1.